The lowest BCUT2D eigenvalue weighted by Crippen LogP contribution is -1.91. The summed E-state index contributed by atoms with van der Waals surface area (Å²) in [6, 6.07) is 0. The molecule has 16 heavy (non-hydrogen) atoms. The van der Waals surface area contributed by atoms with E-state index >= 15 is 0 Å². The van der Waals surface area contributed by atoms with Gasteiger partial charge in [-0.2, -0.15) is 0 Å². The lowest BCUT2D eigenvalue weighted by molar-refractivity contribution is 0.810. The Bertz CT molecular complexity index is 417. The molecular weight excluding hydrogens is 218 g/mol. The van der Waals surface area contributed by atoms with E-state index in [-0.39, 0.29) is 4.87 Å². The second-order valence-corrected chi connectivity index (χ2v) is 4.81. The average Bonchev–Trinajstić information content (AvgIpc) is 2.59. The molecule has 0 saturated heterocycles. The van der Waals surface area contributed by atoms with Crippen molar-refractivity contribution in [2.24, 2.45) is 0 Å². The molecule has 0 fully saturated rings. The molecule has 1 heterocycles. The van der Waals surface area contributed by atoms with Gasteiger partial charge in [0.15, 0.2) is 0 Å². The van der Waals surface area contributed by atoms with Crippen molar-refractivity contribution >= 4 is 23.5 Å². The van der Waals surface area contributed by atoms with Crippen LogP contribution < -0.4 is 4.87 Å². The highest BCUT2D eigenvalue weighted by molar-refractivity contribution is 7.10. The molecule has 0 bridgehead atoms. The molecule has 1 aromatic heterocycles. The number of nitrogens with one attached hydrogen (secondary N) is 1. The SMILES string of the molecule is C=Cc1[nH]c(=O)sc1C=C(CCC)CCC. The van der Waals surface area contributed by atoms with E-state index in [1.807, 2.05) is 0 Å². The van der Waals surface area contributed by atoms with Crippen molar-refractivity contribution in [2.45, 2.75) is 39.5 Å². The van der Waals surface area contributed by atoms with Crippen LogP contribution in [0, 0.1) is 0 Å². The van der Waals surface area contributed by atoms with Gasteiger partial charge in [-0.3, -0.25) is 4.79 Å². The molecule has 0 aliphatic carbocycles. The molecule has 0 saturated carbocycles. The Hall–Kier alpha value is -1.09. The molecule has 0 aromatic carbocycles. The van der Waals surface area contributed by atoms with Crippen LogP contribution in [0.25, 0.3) is 12.2 Å². The molecule has 0 aliphatic rings. The summed E-state index contributed by atoms with van der Waals surface area (Å²) in [4.78, 5) is 15.0. The van der Waals surface area contributed by atoms with Gasteiger partial charge in [0.2, 0.25) is 0 Å². The third kappa shape index (κ3) is 3.49. The number of hydrogen-bond acceptors (Lipinski definition) is 2. The van der Waals surface area contributed by atoms with E-state index in [4.69, 9.17) is 0 Å². The van der Waals surface area contributed by atoms with Gasteiger partial charge in [0.1, 0.15) is 0 Å². The van der Waals surface area contributed by atoms with Crippen LogP contribution in [0.4, 0.5) is 0 Å². The minimum absolute atomic E-state index is 0.00602. The molecule has 3 heteroatoms. The molecule has 0 atom stereocenters. The monoisotopic (exact) mass is 237 g/mol. The van der Waals surface area contributed by atoms with Gasteiger partial charge < -0.3 is 4.98 Å². The Kier molecular flexibility index (Phi) is 5.26. The van der Waals surface area contributed by atoms with Crippen molar-refractivity contribution < 1.29 is 0 Å². The summed E-state index contributed by atoms with van der Waals surface area (Å²) in [6.45, 7) is 8.07. The Morgan fingerprint density at radius 1 is 1.38 bits per heavy atom. The van der Waals surface area contributed by atoms with Crippen LogP contribution in [0.15, 0.2) is 16.9 Å². The molecule has 1 aromatic rings. The van der Waals surface area contributed by atoms with Crippen LogP contribution in [0.2, 0.25) is 0 Å². The fourth-order valence-corrected chi connectivity index (χ4v) is 2.54. The predicted octanol–water partition coefficient (Wildman–Crippen LogP) is 4.06. The van der Waals surface area contributed by atoms with E-state index in [2.05, 4.69) is 31.5 Å². The standard InChI is InChI=1S/C13H19NOS/c1-4-7-10(8-5-2)9-12-11(6-3)14-13(15)16-12/h6,9H,3-5,7-8H2,1-2H3,(H,14,15). The first-order valence-corrected chi connectivity index (χ1v) is 6.57. The first-order chi connectivity index (χ1) is 7.71. The fraction of sp³-hybridized carbons (Fsp3) is 0.462. The number of thiazole rings is 1. The number of H-pyrrole nitrogens is 1. The predicted molar refractivity (Wildman–Crippen MR) is 72.8 cm³/mol. The molecule has 1 rings (SSSR count). The van der Waals surface area contributed by atoms with Gasteiger partial charge in [-0.25, -0.2) is 0 Å². The topological polar surface area (TPSA) is 32.9 Å². The molecule has 0 spiro atoms. The van der Waals surface area contributed by atoms with Crippen molar-refractivity contribution in [1.29, 1.82) is 0 Å². The summed E-state index contributed by atoms with van der Waals surface area (Å²) in [6.07, 6.45) is 8.36. The number of hydrogen-bond donors (Lipinski definition) is 1. The van der Waals surface area contributed by atoms with Gasteiger partial charge in [0.25, 0.3) is 0 Å². The Morgan fingerprint density at radius 2 is 2.00 bits per heavy atom. The Labute approximate surface area is 101 Å². The van der Waals surface area contributed by atoms with Crippen molar-refractivity contribution in [1.82, 2.24) is 4.98 Å². The largest absolute Gasteiger partial charge is 0.312 e. The van der Waals surface area contributed by atoms with Crippen LogP contribution in [0.5, 0.6) is 0 Å². The van der Waals surface area contributed by atoms with E-state index in [0.717, 1.165) is 36.3 Å². The third-order valence-corrected chi connectivity index (χ3v) is 3.23. The van der Waals surface area contributed by atoms with Crippen LogP contribution in [0.3, 0.4) is 0 Å². The number of rotatable bonds is 6. The maximum atomic E-state index is 11.3. The fourth-order valence-electron chi connectivity index (χ4n) is 1.71. The van der Waals surface area contributed by atoms with E-state index in [0.29, 0.717) is 0 Å². The van der Waals surface area contributed by atoms with Gasteiger partial charge in [-0.15, -0.1) is 0 Å². The highest BCUT2D eigenvalue weighted by Gasteiger charge is 2.04. The second kappa shape index (κ2) is 6.48. The maximum Gasteiger partial charge on any atom is 0.305 e. The Balaban J connectivity index is 3.00. The lowest BCUT2D eigenvalue weighted by Gasteiger charge is -2.03. The first kappa shape index (κ1) is 13.0. The second-order valence-electron chi connectivity index (χ2n) is 3.80. The zero-order valence-corrected chi connectivity index (χ0v) is 10.8. The summed E-state index contributed by atoms with van der Waals surface area (Å²) in [5.41, 5.74) is 2.27. The highest BCUT2D eigenvalue weighted by atomic mass is 32.1. The van der Waals surface area contributed by atoms with Crippen molar-refractivity contribution in [3.63, 3.8) is 0 Å². The van der Waals surface area contributed by atoms with E-state index in [1.165, 1.54) is 16.9 Å². The zero-order chi connectivity index (χ0) is 12.0. The minimum Gasteiger partial charge on any atom is -0.312 e. The summed E-state index contributed by atoms with van der Waals surface area (Å²) >= 11 is 1.26. The van der Waals surface area contributed by atoms with Crippen LogP contribution in [-0.2, 0) is 0 Å². The van der Waals surface area contributed by atoms with Gasteiger partial charge >= 0.3 is 4.87 Å². The molecule has 0 aliphatic heterocycles. The van der Waals surface area contributed by atoms with E-state index in [9.17, 15) is 4.79 Å². The summed E-state index contributed by atoms with van der Waals surface area (Å²) < 4.78 is 0. The smallest absolute Gasteiger partial charge is 0.305 e. The van der Waals surface area contributed by atoms with E-state index < -0.39 is 0 Å². The van der Waals surface area contributed by atoms with Gasteiger partial charge in [0.05, 0.1) is 10.6 Å². The molecule has 0 unspecified atom stereocenters. The third-order valence-electron chi connectivity index (χ3n) is 2.39. The summed E-state index contributed by atoms with van der Waals surface area (Å²) in [5, 5.41) is 0. The van der Waals surface area contributed by atoms with Gasteiger partial charge in [-0.1, -0.05) is 50.2 Å². The number of allylic oxidation sites excluding steroid dienone is 1. The number of aromatic nitrogens is 1. The normalized spacial score (nSPS) is 10.1. The molecular formula is C13H19NOS. The lowest BCUT2D eigenvalue weighted by atomic mass is 10.0. The van der Waals surface area contributed by atoms with Crippen LogP contribution >= 0.6 is 11.3 Å². The molecule has 0 radical (unpaired) electrons. The molecule has 2 nitrogen and oxygen atoms in total. The van der Waals surface area contributed by atoms with Gasteiger partial charge in [-0.05, 0) is 25.0 Å². The quantitative estimate of drug-likeness (QED) is 0.795. The maximum absolute atomic E-state index is 11.3. The zero-order valence-electron chi connectivity index (χ0n) is 10.0. The van der Waals surface area contributed by atoms with Crippen LogP contribution in [-0.4, -0.2) is 4.98 Å². The highest BCUT2D eigenvalue weighted by Crippen LogP contribution is 2.20. The van der Waals surface area contributed by atoms with Crippen molar-refractivity contribution in [3.05, 3.63) is 32.4 Å². The number of aromatic amines is 1. The van der Waals surface area contributed by atoms with Crippen LogP contribution in [0.1, 0.15) is 50.1 Å². The Morgan fingerprint density at radius 3 is 2.50 bits per heavy atom. The summed E-state index contributed by atoms with van der Waals surface area (Å²) in [5.74, 6) is 0. The summed E-state index contributed by atoms with van der Waals surface area (Å²) in [7, 11) is 0. The average molecular weight is 237 g/mol. The molecule has 0 amide bonds. The first-order valence-electron chi connectivity index (χ1n) is 5.76. The van der Waals surface area contributed by atoms with Crippen molar-refractivity contribution in [3.8, 4) is 0 Å². The van der Waals surface area contributed by atoms with Gasteiger partial charge in [0, 0.05) is 0 Å². The molecule has 1 N–H and O–H groups in total. The van der Waals surface area contributed by atoms with Crippen molar-refractivity contribution in [2.75, 3.05) is 0 Å². The minimum atomic E-state index is -0.00602. The molecule has 88 valence electrons. The van der Waals surface area contributed by atoms with E-state index in [1.54, 1.807) is 6.08 Å².